The van der Waals surface area contributed by atoms with Gasteiger partial charge in [-0.05, 0) is 85.0 Å². The van der Waals surface area contributed by atoms with E-state index >= 15 is 0 Å². The highest BCUT2D eigenvalue weighted by atomic mass is 19.1. The first-order chi connectivity index (χ1) is 16.9. The van der Waals surface area contributed by atoms with Crippen molar-refractivity contribution in [3.05, 3.63) is 89.2 Å². The van der Waals surface area contributed by atoms with E-state index in [1.54, 1.807) is 17.0 Å². The molecule has 1 heterocycles. The Hall–Kier alpha value is -3.54. The van der Waals surface area contributed by atoms with Crippen molar-refractivity contribution in [2.24, 2.45) is 5.92 Å². The van der Waals surface area contributed by atoms with Crippen LogP contribution in [0.15, 0.2) is 66.7 Å². The zero-order valence-electron chi connectivity index (χ0n) is 20.5. The molecule has 184 valence electrons. The summed E-state index contributed by atoms with van der Waals surface area (Å²) in [5, 5.41) is 0. The zero-order chi connectivity index (χ0) is 24.8. The van der Waals surface area contributed by atoms with Crippen molar-refractivity contribution in [3.63, 3.8) is 0 Å². The molecule has 0 aliphatic carbocycles. The molecule has 1 unspecified atom stereocenters. The molecule has 5 nitrogen and oxygen atoms in total. The van der Waals surface area contributed by atoms with Gasteiger partial charge in [-0.15, -0.1) is 0 Å². The van der Waals surface area contributed by atoms with Gasteiger partial charge in [0, 0.05) is 12.1 Å². The van der Waals surface area contributed by atoms with Gasteiger partial charge in [0.05, 0.1) is 19.3 Å². The molecule has 3 aromatic carbocycles. The molecule has 1 aliphatic rings. The van der Waals surface area contributed by atoms with Crippen LogP contribution in [-0.2, 0) is 6.42 Å². The topological polar surface area (TPSA) is 48.0 Å². The maximum Gasteiger partial charge on any atom is 0.254 e. The highest BCUT2D eigenvalue weighted by Gasteiger charge is 2.32. The molecule has 0 saturated carbocycles. The maximum absolute atomic E-state index is 13.8. The van der Waals surface area contributed by atoms with Crippen LogP contribution in [0, 0.1) is 11.7 Å². The van der Waals surface area contributed by atoms with Gasteiger partial charge in [-0.1, -0.05) is 26.0 Å². The third-order valence-electron chi connectivity index (χ3n) is 5.93. The summed E-state index contributed by atoms with van der Waals surface area (Å²) in [6.45, 7) is 8.19. The third kappa shape index (κ3) is 6.13. The first-order valence-electron chi connectivity index (χ1n) is 12.1. The molecule has 0 N–H and O–H groups in total. The molecule has 3 aromatic rings. The van der Waals surface area contributed by atoms with E-state index in [1.165, 1.54) is 12.1 Å². The smallest absolute Gasteiger partial charge is 0.254 e. The summed E-state index contributed by atoms with van der Waals surface area (Å²) < 4.78 is 31.4. The number of rotatable bonds is 9. The summed E-state index contributed by atoms with van der Waals surface area (Å²) in [4.78, 5) is 15.2. The van der Waals surface area contributed by atoms with Gasteiger partial charge in [-0.25, -0.2) is 4.39 Å². The van der Waals surface area contributed by atoms with Crippen LogP contribution in [0.4, 0.5) is 4.39 Å². The Morgan fingerprint density at radius 3 is 2.37 bits per heavy atom. The second-order valence-electron chi connectivity index (χ2n) is 9.06. The summed E-state index contributed by atoms with van der Waals surface area (Å²) in [6.07, 6.45) is 0.689. The lowest BCUT2D eigenvalue weighted by molar-refractivity contribution is 0.0589. The highest BCUT2D eigenvalue weighted by Crippen LogP contribution is 2.34. The van der Waals surface area contributed by atoms with Crippen LogP contribution in [-0.4, -0.2) is 37.2 Å². The van der Waals surface area contributed by atoms with Crippen LogP contribution >= 0.6 is 0 Å². The molecule has 0 fully saturated rings. The number of hydrogen-bond acceptors (Lipinski definition) is 4. The number of carbonyl (C=O) groups excluding carboxylic acids is 1. The summed E-state index contributed by atoms with van der Waals surface area (Å²) in [5.41, 5.74) is 2.48. The molecular weight excluding hydrogens is 445 g/mol. The van der Waals surface area contributed by atoms with Crippen molar-refractivity contribution in [2.45, 2.75) is 33.2 Å². The normalized spacial score (nSPS) is 15.0. The number of amides is 1. The molecule has 1 amide bonds. The van der Waals surface area contributed by atoms with Crippen LogP contribution in [0.1, 0.15) is 48.3 Å². The van der Waals surface area contributed by atoms with Crippen LogP contribution in [0.25, 0.3) is 0 Å². The fraction of sp³-hybridized carbons (Fsp3) is 0.345. The summed E-state index contributed by atoms with van der Waals surface area (Å²) >= 11 is 0. The third-order valence-corrected chi connectivity index (χ3v) is 5.93. The number of nitrogens with zero attached hydrogens (tertiary/aromatic N) is 1. The zero-order valence-corrected chi connectivity index (χ0v) is 20.5. The van der Waals surface area contributed by atoms with Gasteiger partial charge in [0.1, 0.15) is 29.7 Å². The number of halogens is 1. The van der Waals surface area contributed by atoms with E-state index in [9.17, 15) is 9.18 Å². The predicted octanol–water partition coefficient (Wildman–Crippen LogP) is 6.08. The van der Waals surface area contributed by atoms with Crippen LogP contribution < -0.4 is 14.2 Å². The Morgan fingerprint density at radius 2 is 1.69 bits per heavy atom. The molecule has 6 heteroatoms. The highest BCUT2D eigenvalue weighted by molar-refractivity contribution is 5.94. The quantitative estimate of drug-likeness (QED) is 0.375. The maximum atomic E-state index is 13.8. The molecule has 0 bridgehead atoms. The second-order valence-corrected chi connectivity index (χ2v) is 9.06. The number of hydrogen-bond donors (Lipinski definition) is 0. The Kier molecular flexibility index (Phi) is 7.91. The van der Waals surface area contributed by atoms with E-state index < -0.39 is 5.82 Å². The fourth-order valence-corrected chi connectivity index (χ4v) is 4.23. The number of ether oxygens (including phenoxy) is 3. The first kappa shape index (κ1) is 24.6. The summed E-state index contributed by atoms with van der Waals surface area (Å²) in [7, 11) is 0. The molecular formula is C29H32FNO4. The number of fused-ring (bicyclic) bond motifs is 1. The van der Waals surface area contributed by atoms with Gasteiger partial charge in [0.15, 0.2) is 0 Å². The second kappa shape index (κ2) is 11.3. The monoisotopic (exact) mass is 477 g/mol. The summed E-state index contributed by atoms with van der Waals surface area (Å²) in [5.74, 6) is 2.09. The van der Waals surface area contributed by atoms with Gasteiger partial charge in [-0.2, -0.15) is 0 Å². The van der Waals surface area contributed by atoms with Crippen molar-refractivity contribution in [2.75, 3.05) is 26.4 Å². The van der Waals surface area contributed by atoms with Crippen LogP contribution in [0.5, 0.6) is 17.2 Å². The molecule has 1 aliphatic heterocycles. The van der Waals surface area contributed by atoms with E-state index in [1.807, 2.05) is 43.3 Å². The Bertz CT molecular complexity index is 1150. The molecule has 4 rings (SSSR count). The SMILES string of the molecule is CCOc1ccc(OCC2c3ccc(OCC(C)C)cc3CCN2C(=O)c2cccc(F)c2)cc1. The van der Waals surface area contributed by atoms with E-state index in [0.717, 1.165) is 22.6 Å². The van der Waals surface area contributed by atoms with Gasteiger partial charge in [0.25, 0.3) is 5.91 Å². The molecule has 0 radical (unpaired) electrons. The number of benzene rings is 3. The Morgan fingerprint density at radius 1 is 0.971 bits per heavy atom. The Labute approximate surface area is 206 Å². The predicted molar refractivity (Wildman–Crippen MR) is 134 cm³/mol. The van der Waals surface area contributed by atoms with Gasteiger partial charge in [-0.3, -0.25) is 4.79 Å². The van der Waals surface area contributed by atoms with E-state index in [0.29, 0.717) is 43.4 Å². The van der Waals surface area contributed by atoms with Gasteiger partial charge in [0.2, 0.25) is 0 Å². The molecule has 35 heavy (non-hydrogen) atoms. The lowest BCUT2D eigenvalue weighted by Crippen LogP contribution is -2.42. The molecule has 0 saturated heterocycles. The van der Waals surface area contributed by atoms with Gasteiger partial charge < -0.3 is 19.1 Å². The minimum atomic E-state index is -0.428. The van der Waals surface area contributed by atoms with E-state index in [4.69, 9.17) is 14.2 Å². The first-order valence-corrected chi connectivity index (χ1v) is 12.1. The van der Waals surface area contributed by atoms with Crippen molar-refractivity contribution in [3.8, 4) is 17.2 Å². The molecule has 0 spiro atoms. The standard InChI is InChI=1S/C29H32FNO4/c1-4-33-24-8-10-25(11-9-24)35-19-28-27-13-12-26(34-18-20(2)3)17-21(27)14-15-31(28)29(32)22-6-5-7-23(30)16-22/h5-13,16-17,20,28H,4,14-15,18-19H2,1-3H3. The molecule has 0 aromatic heterocycles. The van der Waals surface area contributed by atoms with Gasteiger partial charge >= 0.3 is 0 Å². The average Bonchev–Trinajstić information content (AvgIpc) is 2.86. The molecule has 1 atom stereocenters. The lowest BCUT2D eigenvalue weighted by atomic mass is 9.92. The van der Waals surface area contributed by atoms with Crippen molar-refractivity contribution in [1.82, 2.24) is 4.90 Å². The van der Waals surface area contributed by atoms with Crippen molar-refractivity contribution in [1.29, 1.82) is 0 Å². The minimum absolute atomic E-state index is 0.212. The average molecular weight is 478 g/mol. The van der Waals surface area contributed by atoms with E-state index in [2.05, 4.69) is 19.9 Å². The summed E-state index contributed by atoms with van der Waals surface area (Å²) in [6, 6.07) is 19.0. The number of carbonyl (C=O) groups is 1. The van der Waals surface area contributed by atoms with Crippen molar-refractivity contribution < 1.29 is 23.4 Å². The van der Waals surface area contributed by atoms with Crippen molar-refractivity contribution >= 4 is 5.91 Å². The van der Waals surface area contributed by atoms with Crippen LogP contribution in [0.2, 0.25) is 0 Å². The van der Waals surface area contributed by atoms with Crippen LogP contribution in [0.3, 0.4) is 0 Å². The Balaban J connectivity index is 1.59. The fourth-order valence-electron chi connectivity index (χ4n) is 4.23. The largest absolute Gasteiger partial charge is 0.494 e. The lowest BCUT2D eigenvalue weighted by Gasteiger charge is -2.37. The minimum Gasteiger partial charge on any atom is -0.494 e. The van der Waals surface area contributed by atoms with E-state index in [-0.39, 0.29) is 18.6 Å².